The van der Waals surface area contributed by atoms with Crippen LogP contribution in [0.5, 0.6) is 0 Å². The summed E-state index contributed by atoms with van der Waals surface area (Å²) in [4.78, 5) is 12.4. The maximum Gasteiger partial charge on any atom is 0.309 e. The highest BCUT2D eigenvalue weighted by Gasteiger charge is 2.27. The fourth-order valence-corrected chi connectivity index (χ4v) is 2.94. The van der Waals surface area contributed by atoms with Crippen molar-refractivity contribution in [1.82, 2.24) is 0 Å². The van der Waals surface area contributed by atoms with Crippen LogP contribution in [-0.2, 0) is 9.53 Å². The summed E-state index contributed by atoms with van der Waals surface area (Å²) in [5.74, 6) is 1.06. The van der Waals surface area contributed by atoms with Gasteiger partial charge in [-0.1, -0.05) is 47.0 Å². The topological polar surface area (TPSA) is 26.3 Å². The Kier molecular flexibility index (Phi) is 7.48. The van der Waals surface area contributed by atoms with Gasteiger partial charge in [-0.15, -0.1) is 0 Å². The average molecular weight is 268 g/mol. The Morgan fingerprint density at radius 1 is 1.00 bits per heavy atom. The Labute approximate surface area is 119 Å². The molecule has 0 heterocycles. The van der Waals surface area contributed by atoms with E-state index >= 15 is 0 Å². The van der Waals surface area contributed by atoms with Crippen molar-refractivity contribution in [1.29, 1.82) is 0 Å². The third-order valence-electron chi connectivity index (χ3n) is 4.17. The Morgan fingerprint density at radius 3 is 2.00 bits per heavy atom. The second-order valence-electron chi connectivity index (χ2n) is 6.88. The summed E-state index contributed by atoms with van der Waals surface area (Å²) < 4.78 is 5.81. The van der Waals surface area contributed by atoms with Gasteiger partial charge < -0.3 is 4.74 Å². The Hall–Kier alpha value is -0.530. The number of esters is 1. The van der Waals surface area contributed by atoms with Crippen LogP contribution in [0.1, 0.15) is 79.1 Å². The second-order valence-corrected chi connectivity index (χ2v) is 6.88. The van der Waals surface area contributed by atoms with Crippen molar-refractivity contribution in [2.75, 3.05) is 0 Å². The van der Waals surface area contributed by atoms with Crippen LogP contribution in [0, 0.1) is 17.8 Å². The summed E-state index contributed by atoms with van der Waals surface area (Å²) in [5, 5.41) is 0. The molecule has 1 saturated carbocycles. The lowest BCUT2D eigenvalue weighted by molar-refractivity contribution is -0.157. The molecule has 1 atom stereocenters. The molecule has 0 radical (unpaired) electrons. The third kappa shape index (κ3) is 6.44. The quantitative estimate of drug-likeness (QED) is 0.659. The Balaban J connectivity index is 2.49. The molecule has 1 unspecified atom stereocenters. The van der Waals surface area contributed by atoms with Crippen molar-refractivity contribution < 1.29 is 9.53 Å². The van der Waals surface area contributed by atoms with Crippen LogP contribution in [0.2, 0.25) is 0 Å². The van der Waals surface area contributed by atoms with Crippen molar-refractivity contribution in [3.63, 3.8) is 0 Å². The molecule has 1 fully saturated rings. The van der Waals surface area contributed by atoms with Crippen LogP contribution in [0.4, 0.5) is 0 Å². The minimum Gasteiger partial charge on any atom is -0.462 e. The summed E-state index contributed by atoms with van der Waals surface area (Å²) in [6.45, 7) is 8.62. The zero-order valence-corrected chi connectivity index (χ0v) is 13.3. The highest BCUT2D eigenvalue weighted by Crippen LogP contribution is 2.25. The van der Waals surface area contributed by atoms with Crippen LogP contribution < -0.4 is 0 Å². The highest BCUT2D eigenvalue weighted by molar-refractivity contribution is 5.72. The standard InChI is InChI=1S/C17H32O2/c1-13(2)12-16(14(3)4)17(18)19-15-10-8-6-5-7-9-11-15/h13-16H,5-12H2,1-4H3. The highest BCUT2D eigenvalue weighted by atomic mass is 16.5. The minimum atomic E-state index is 0.0503. The van der Waals surface area contributed by atoms with E-state index in [1.807, 2.05) is 0 Å². The fraction of sp³-hybridized carbons (Fsp3) is 0.941. The number of ether oxygens (including phenoxy) is 1. The maximum atomic E-state index is 12.4. The summed E-state index contributed by atoms with van der Waals surface area (Å²) in [6, 6.07) is 0. The third-order valence-corrected chi connectivity index (χ3v) is 4.17. The van der Waals surface area contributed by atoms with E-state index in [9.17, 15) is 4.79 Å². The predicted octanol–water partition coefficient (Wildman–Crippen LogP) is 4.96. The van der Waals surface area contributed by atoms with E-state index in [-0.39, 0.29) is 18.0 Å². The first-order valence-electron chi connectivity index (χ1n) is 8.21. The lowest BCUT2D eigenvalue weighted by atomic mass is 9.87. The van der Waals surface area contributed by atoms with E-state index in [0.717, 1.165) is 19.3 Å². The molecule has 0 N–H and O–H groups in total. The monoisotopic (exact) mass is 268 g/mol. The van der Waals surface area contributed by atoms with Crippen molar-refractivity contribution in [2.45, 2.75) is 85.2 Å². The van der Waals surface area contributed by atoms with Crippen LogP contribution in [0.25, 0.3) is 0 Å². The van der Waals surface area contributed by atoms with E-state index in [0.29, 0.717) is 11.8 Å². The van der Waals surface area contributed by atoms with E-state index in [1.54, 1.807) is 0 Å². The average Bonchev–Trinajstić information content (AvgIpc) is 2.28. The molecule has 1 rings (SSSR count). The molecular formula is C17H32O2. The number of hydrogen-bond acceptors (Lipinski definition) is 2. The first-order chi connectivity index (χ1) is 9.00. The molecule has 0 aromatic carbocycles. The zero-order chi connectivity index (χ0) is 14.3. The summed E-state index contributed by atoms with van der Waals surface area (Å²) in [7, 11) is 0. The molecular weight excluding hydrogens is 236 g/mol. The van der Waals surface area contributed by atoms with E-state index in [1.165, 1.54) is 32.1 Å². The lowest BCUT2D eigenvalue weighted by Gasteiger charge is -2.26. The minimum absolute atomic E-state index is 0.0503. The van der Waals surface area contributed by atoms with Gasteiger partial charge in [-0.3, -0.25) is 4.79 Å². The lowest BCUT2D eigenvalue weighted by Crippen LogP contribution is -2.29. The number of rotatable bonds is 5. The van der Waals surface area contributed by atoms with Gasteiger partial charge in [0.15, 0.2) is 0 Å². The molecule has 0 aliphatic heterocycles. The molecule has 0 saturated heterocycles. The molecule has 2 nitrogen and oxygen atoms in total. The van der Waals surface area contributed by atoms with Crippen molar-refractivity contribution in [3.8, 4) is 0 Å². The first kappa shape index (κ1) is 16.5. The molecule has 0 aromatic heterocycles. The van der Waals surface area contributed by atoms with E-state index < -0.39 is 0 Å². The Bertz CT molecular complexity index is 250. The predicted molar refractivity (Wildman–Crippen MR) is 80.0 cm³/mol. The molecule has 0 aromatic rings. The number of hydrogen-bond donors (Lipinski definition) is 0. The number of carbonyl (C=O) groups is 1. The van der Waals surface area contributed by atoms with Gasteiger partial charge >= 0.3 is 5.97 Å². The SMILES string of the molecule is CC(C)CC(C(=O)OC1CCCCCCC1)C(C)C. The van der Waals surface area contributed by atoms with Gasteiger partial charge in [0.2, 0.25) is 0 Å². The van der Waals surface area contributed by atoms with E-state index in [2.05, 4.69) is 27.7 Å². The normalized spacial score (nSPS) is 20.1. The zero-order valence-electron chi connectivity index (χ0n) is 13.3. The van der Waals surface area contributed by atoms with Gasteiger partial charge in [0, 0.05) is 0 Å². The molecule has 0 bridgehead atoms. The summed E-state index contributed by atoms with van der Waals surface area (Å²) in [5.41, 5.74) is 0. The van der Waals surface area contributed by atoms with Gasteiger partial charge in [-0.25, -0.2) is 0 Å². The van der Waals surface area contributed by atoms with Crippen molar-refractivity contribution >= 4 is 5.97 Å². The smallest absolute Gasteiger partial charge is 0.309 e. The molecule has 19 heavy (non-hydrogen) atoms. The molecule has 0 amide bonds. The molecule has 112 valence electrons. The van der Waals surface area contributed by atoms with Gasteiger partial charge in [-0.05, 0) is 43.9 Å². The largest absolute Gasteiger partial charge is 0.462 e. The molecule has 2 heteroatoms. The number of carbonyl (C=O) groups excluding carboxylic acids is 1. The second kappa shape index (κ2) is 8.60. The molecule has 1 aliphatic carbocycles. The van der Waals surface area contributed by atoms with Gasteiger partial charge in [0.05, 0.1) is 5.92 Å². The van der Waals surface area contributed by atoms with Gasteiger partial charge in [0.1, 0.15) is 6.10 Å². The van der Waals surface area contributed by atoms with Crippen molar-refractivity contribution in [3.05, 3.63) is 0 Å². The molecule has 0 spiro atoms. The van der Waals surface area contributed by atoms with Crippen LogP contribution >= 0.6 is 0 Å². The Morgan fingerprint density at radius 2 is 1.53 bits per heavy atom. The maximum absolute atomic E-state index is 12.4. The van der Waals surface area contributed by atoms with E-state index in [4.69, 9.17) is 4.74 Å². The van der Waals surface area contributed by atoms with Crippen molar-refractivity contribution in [2.24, 2.45) is 17.8 Å². The summed E-state index contributed by atoms with van der Waals surface area (Å²) >= 11 is 0. The van der Waals surface area contributed by atoms with Crippen LogP contribution in [0.15, 0.2) is 0 Å². The fourth-order valence-electron chi connectivity index (χ4n) is 2.94. The molecule has 1 aliphatic rings. The van der Waals surface area contributed by atoms with Gasteiger partial charge in [0.25, 0.3) is 0 Å². The van der Waals surface area contributed by atoms with Crippen LogP contribution in [-0.4, -0.2) is 12.1 Å². The summed E-state index contributed by atoms with van der Waals surface area (Å²) in [6.07, 6.45) is 9.65. The van der Waals surface area contributed by atoms with Crippen LogP contribution in [0.3, 0.4) is 0 Å². The van der Waals surface area contributed by atoms with Gasteiger partial charge in [-0.2, -0.15) is 0 Å². The first-order valence-corrected chi connectivity index (χ1v) is 8.21.